The van der Waals surface area contributed by atoms with Crippen LogP contribution in [0.15, 0.2) is 96.9 Å². The molecule has 0 N–H and O–H groups in total. The fourth-order valence-electron chi connectivity index (χ4n) is 2.65. The number of benzene rings is 1. The van der Waals surface area contributed by atoms with E-state index in [0.717, 1.165) is 5.56 Å². The Kier molecular flexibility index (Phi) is 8.24. The molecule has 0 saturated carbocycles. The molecule has 2 aromatic rings. The molecule has 1 heterocycles. The Labute approximate surface area is 185 Å². The second kappa shape index (κ2) is 10.7. The molecule has 0 saturated heterocycles. The van der Waals surface area contributed by atoms with Crippen molar-refractivity contribution in [2.45, 2.75) is 26.7 Å². The molecule has 0 fully saturated rings. The van der Waals surface area contributed by atoms with Gasteiger partial charge in [-0.3, -0.25) is 0 Å². The molecule has 32 heavy (non-hydrogen) atoms. The van der Waals surface area contributed by atoms with E-state index >= 15 is 0 Å². The maximum Gasteiger partial charge on any atom is 0.170 e. The molecular weight excluding hydrogens is 416 g/mol. The van der Waals surface area contributed by atoms with Crippen LogP contribution in [-0.2, 0) is 6.42 Å². The lowest BCUT2D eigenvalue weighted by Gasteiger charge is -2.09. The van der Waals surface area contributed by atoms with Gasteiger partial charge in [0.2, 0.25) is 0 Å². The maximum absolute atomic E-state index is 14.5. The summed E-state index contributed by atoms with van der Waals surface area (Å²) in [5.41, 5.74) is 1.42. The third-order valence-corrected chi connectivity index (χ3v) is 4.64. The van der Waals surface area contributed by atoms with Crippen LogP contribution in [0, 0.1) is 18.6 Å². The zero-order valence-corrected chi connectivity index (χ0v) is 18.1. The Morgan fingerprint density at radius 1 is 0.938 bits per heavy atom. The van der Waals surface area contributed by atoms with Gasteiger partial charge in [-0.15, -0.1) is 0 Å². The fourth-order valence-corrected chi connectivity index (χ4v) is 2.65. The first-order valence-corrected chi connectivity index (χ1v) is 9.74. The van der Waals surface area contributed by atoms with E-state index in [-0.39, 0.29) is 40.1 Å². The molecule has 0 amide bonds. The van der Waals surface area contributed by atoms with Crippen molar-refractivity contribution in [3.05, 3.63) is 120 Å². The van der Waals surface area contributed by atoms with Crippen molar-refractivity contribution < 1.29 is 17.6 Å². The summed E-state index contributed by atoms with van der Waals surface area (Å²) in [6, 6.07) is 2.92. The molecule has 2 rings (SSSR count). The summed E-state index contributed by atoms with van der Waals surface area (Å²) in [6.45, 7) is 17.5. The minimum atomic E-state index is -1.13. The van der Waals surface area contributed by atoms with E-state index in [9.17, 15) is 17.6 Å². The van der Waals surface area contributed by atoms with Gasteiger partial charge in [-0.25, -0.2) is 27.5 Å². The van der Waals surface area contributed by atoms with Crippen molar-refractivity contribution in [1.82, 2.24) is 9.97 Å². The highest BCUT2D eigenvalue weighted by Gasteiger charge is 2.16. The Hall–Kier alpha value is -3.54. The fraction of sp³-hybridized carbons (Fsp3) is 0.154. The van der Waals surface area contributed by atoms with E-state index in [2.05, 4.69) is 36.3 Å². The van der Waals surface area contributed by atoms with Crippen molar-refractivity contribution in [3.63, 3.8) is 0 Å². The SMILES string of the molecule is C=C(/C=C\C(=C)C(=C)/C(F)=C(/F)C(=C)C)CCc1ccc(-c2ncc(C)cn2)c(F)c1F. The van der Waals surface area contributed by atoms with E-state index in [4.69, 9.17) is 0 Å². The summed E-state index contributed by atoms with van der Waals surface area (Å²) in [6.07, 6.45) is 6.54. The molecule has 0 aliphatic carbocycles. The Bertz CT molecular complexity index is 1140. The van der Waals surface area contributed by atoms with E-state index in [1.807, 2.05) is 0 Å². The minimum Gasteiger partial charge on any atom is -0.236 e. The van der Waals surface area contributed by atoms with E-state index in [1.54, 1.807) is 13.0 Å². The molecule has 0 radical (unpaired) electrons. The van der Waals surface area contributed by atoms with Crippen LogP contribution in [0.3, 0.4) is 0 Å². The van der Waals surface area contributed by atoms with Gasteiger partial charge >= 0.3 is 0 Å². The quantitative estimate of drug-likeness (QED) is 0.296. The smallest absolute Gasteiger partial charge is 0.170 e. The molecule has 0 unspecified atom stereocenters. The van der Waals surface area contributed by atoms with E-state index in [0.29, 0.717) is 12.0 Å². The summed E-state index contributed by atoms with van der Waals surface area (Å²) in [5.74, 6) is -4.09. The van der Waals surface area contributed by atoms with Crippen molar-refractivity contribution in [2.24, 2.45) is 0 Å². The second-order valence-corrected chi connectivity index (χ2v) is 7.39. The number of allylic oxidation sites excluding steroid dienone is 8. The van der Waals surface area contributed by atoms with Crippen LogP contribution < -0.4 is 0 Å². The van der Waals surface area contributed by atoms with Crippen molar-refractivity contribution in [2.75, 3.05) is 0 Å². The van der Waals surface area contributed by atoms with Crippen LogP contribution in [-0.4, -0.2) is 9.97 Å². The van der Waals surface area contributed by atoms with Crippen LogP contribution in [0.2, 0.25) is 0 Å². The third kappa shape index (κ3) is 6.00. The topological polar surface area (TPSA) is 25.8 Å². The third-order valence-electron chi connectivity index (χ3n) is 4.64. The van der Waals surface area contributed by atoms with Gasteiger partial charge in [-0.2, -0.15) is 0 Å². The lowest BCUT2D eigenvalue weighted by Crippen LogP contribution is -2.00. The van der Waals surface area contributed by atoms with Gasteiger partial charge in [0.05, 0.1) is 5.56 Å². The van der Waals surface area contributed by atoms with E-state index in [1.165, 1.54) is 37.5 Å². The molecule has 0 aliphatic rings. The van der Waals surface area contributed by atoms with Gasteiger partial charge in [0.25, 0.3) is 0 Å². The molecule has 1 aromatic heterocycles. The summed E-state index contributed by atoms with van der Waals surface area (Å²) >= 11 is 0. The summed E-state index contributed by atoms with van der Waals surface area (Å²) < 4.78 is 56.7. The number of aromatic nitrogens is 2. The predicted molar refractivity (Wildman–Crippen MR) is 121 cm³/mol. The zero-order chi connectivity index (χ0) is 24.0. The average Bonchev–Trinajstić information content (AvgIpc) is 2.77. The maximum atomic E-state index is 14.5. The molecule has 0 spiro atoms. The van der Waals surface area contributed by atoms with E-state index < -0.39 is 23.3 Å². The molecule has 1 aromatic carbocycles. The number of hydrogen-bond acceptors (Lipinski definition) is 2. The largest absolute Gasteiger partial charge is 0.236 e. The molecular formula is C26H24F4N2. The Morgan fingerprint density at radius 2 is 1.56 bits per heavy atom. The number of rotatable bonds is 9. The Morgan fingerprint density at radius 3 is 2.16 bits per heavy atom. The Balaban J connectivity index is 2.05. The van der Waals surface area contributed by atoms with Crippen molar-refractivity contribution >= 4 is 0 Å². The van der Waals surface area contributed by atoms with Gasteiger partial charge in [-0.1, -0.05) is 50.1 Å². The standard InChI is InChI=1S/C26H24F4N2/c1-15(2)22(27)23(28)19(6)18(5)9-7-16(3)8-10-20-11-12-21(25(30)24(20)29)26-31-13-17(4)14-32-26/h7,9,11-14H,1,3,5-6,8,10H2,2,4H3/b9-7-,23-22-. The zero-order valence-electron chi connectivity index (χ0n) is 18.1. The second-order valence-electron chi connectivity index (χ2n) is 7.39. The normalized spacial score (nSPS) is 11.9. The summed E-state index contributed by atoms with van der Waals surface area (Å²) in [5, 5.41) is 0. The molecule has 2 nitrogen and oxygen atoms in total. The molecule has 166 valence electrons. The number of aryl methyl sites for hydroxylation is 2. The number of halogens is 4. The average molecular weight is 440 g/mol. The molecule has 6 heteroatoms. The van der Waals surface area contributed by atoms with Crippen LogP contribution in [0.4, 0.5) is 17.6 Å². The molecule has 0 atom stereocenters. The van der Waals surface area contributed by atoms with Gasteiger partial charge in [-0.05, 0) is 55.0 Å². The monoisotopic (exact) mass is 440 g/mol. The van der Waals surface area contributed by atoms with Crippen molar-refractivity contribution in [1.29, 1.82) is 0 Å². The number of nitrogens with zero attached hydrogens (tertiary/aromatic N) is 2. The highest BCUT2D eigenvalue weighted by molar-refractivity contribution is 5.57. The predicted octanol–water partition coefficient (Wildman–Crippen LogP) is 7.61. The molecule has 0 bridgehead atoms. The van der Waals surface area contributed by atoms with Gasteiger partial charge in [0.1, 0.15) is 0 Å². The van der Waals surface area contributed by atoms with Gasteiger partial charge in [0.15, 0.2) is 29.1 Å². The minimum absolute atomic E-state index is 0.0168. The van der Waals surface area contributed by atoms with Crippen molar-refractivity contribution in [3.8, 4) is 11.4 Å². The number of hydrogen-bond donors (Lipinski definition) is 0. The van der Waals surface area contributed by atoms with Crippen LogP contribution in [0.1, 0.15) is 24.5 Å². The van der Waals surface area contributed by atoms with Gasteiger partial charge < -0.3 is 0 Å². The summed E-state index contributed by atoms with van der Waals surface area (Å²) in [4.78, 5) is 8.06. The summed E-state index contributed by atoms with van der Waals surface area (Å²) in [7, 11) is 0. The van der Waals surface area contributed by atoms with Crippen LogP contribution >= 0.6 is 0 Å². The first-order chi connectivity index (χ1) is 15.0. The highest BCUT2D eigenvalue weighted by Crippen LogP contribution is 2.27. The lowest BCUT2D eigenvalue weighted by atomic mass is 10.0. The first-order valence-electron chi connectivity index (χ1n) is 9.74. The lowest BCUT2D eigenvalue weighted by molar-refractivity contribution is 0.500. The van der Waals surface area contributed by atoms with Gasteiger partial charge in [0, 0.05) is 18.0 Å². The first kappa shape index (κ1) is 24.7. The van der Waals surface area contributed by atoms with Crippen LogP contribution in [0.5, 0.6) is 0 Å². The van der Waals surface area contributed by atoms with Crippen LogP contribution in [0.25, 0.3) is 11.4 Å². The molecule has 0 aliphatic heterocycles. The highest BCUT2D eigenvalue weighted by atomic mass is 19.2.